The highest BCUT2D eigenvalue weighted by atomic mass is 35.5. The summed E-state index contributed by atoms with van der Waals surface area (Å²) in [6.45, 7) is 2.55. The molecule has 2 aromatic rings. The Morgan fingerprint density at radius 1 is 1.07 bits per heavy atom. The van der Waals surface area contributed by atoms with Crippen molar-refractivity contribution in [2.24, 2.45) is 0 Å². The molecule has 1 aliphatic rings. The SMILES string of the molecule is O=C[B]N1CCN(c2cccc(CCc3cc(Cl)cc(Cl)c3)c2[N+](=O)[O-])CC1. The first-order valence-electron chi connectivity index (χ1n) is 8.97. The molecular weight excluding hydrogens is 400 g/mol. The molecule has 1 heterocycles. The summed E-state index contributed by atoms with van der Waals surface area (Å²) in [6, 6.07) is 10.8. The Bertz CT molecular complexity index is 853. The third-order valence-corrected chi connectivity index (χ3v) is 5.25. The molecule has 0 spiro atoms. The smallest absolute Gasteiger partial charge is 0.295 e. The summed E-state index contributed by atoms with van der Waals surface area (Å²) < 4.78 is 0. The van der Waals surface area contributed by atoms with Crippen molar-refractivity contribution in [3.8, 4) is 0 Å². The van der Waals surface area contributed by atoms with E-state index in [0.717, 1.165) is 11.7 Å². The Morgan fingerprint density at radius 2 is 1.75 bits per heavy atom. The van der Waals surface area contributed by atoms with Crippen LogP contribution in [0.2, 0.25) is 10.0 Å². The summed E-state index contributed by atoms with van der Waals surface area (Å²) in [5.74, 6) is 0. The van der Waals surface area contributed by atoms with Gasteiger partial charge in [-0.25, -0.2) is 0 Å². The Balaban J connectivity index is 1.80. The number of nitro groups is 1. The van der Waals surface area contributed by atoms with Crippen molar-refractivity contribution in [1.82, 2.24) is 4.81 Å². The monoisotopic (exact) mass is 418 g/mol. The Labute approximate surface area is 174 Å². The van der Waals surface area contributed by atoms with Crippen molar-refractivity contribution < 1.29 is 9.72 Å². The quantitative estimate of drug-likeness (QED) is 0.297. The van der Waals surface area contributed by atoms with Gasteiger partial charge in [-0.3, -0.25) is 10.1 Å². The number of hydrogen-bond donors (Lipinski definition) is 0. The van der Waals surface area contributed by atoms with E-state index in [9.17, 15) is 14.9 Å². The molecule has 0 unspecified atom stereocenters. The highest BCUT2D eigenvalue weighted by Crippen LogP contribution is 2.33. The fourth-order valence-corrected chi connectivity index (χ4v) is 4.05. The lowest BCUT2D eigenvalue weighted by atomic mass is 9.93. The number of aryl methyl sites for hydroxylation is 2. The lowest BCUT2D eigenvalue weighted by molar-refractivity contribution is -0.384. The molecule has 0 aliphatic carbocycles. The van der Waals surface area contributed by atoms with Gasteiger partial charge in [0.1, 0.15) is 5.69 Å². The molecule has 6 nitrogen and oxygen atoms in total. The van der Waals surface area contributed by atoms with Gasteiger partial charge in [0.05, 0.1) is 11.1 Å². The minimum Gasteiger partial charge on any atom is -0.363 e. The number of anilines is 1. The summed E-state index contributed by atoms with van der Waals surface area (Å²) in [7, 11) is 1.51. The zero-order chi connectivity index (χ0) is 20.1. The molecule has 9 heteroatoms. The van der Waals surface area contributed by atoms with Crippen molar-refractivity contribution >= 4 is 48.2 Å². The number of carbonyl (C=O) groups is 1. The Hall–Kier alpha value is -2.09. The molecule has 0 N–H and O–H groups in total. The molecule has 0 aromatic heterocycles. The molecule has 1 fully saturated rings. The van der Waals surface area contributed by atoms with E-state index >= 15 is 0 Å². The van der Waals surface area contributed by atoms with Gasteiger partial charge >= 0.3 is 0 Å². The van der Waals surface area contributed by atoms with Gasteiger partial charge in [-0.15, -0.1) is 0 Å². The van der Waals surface area contributed by atoms with E-state index in [1.165, 1.54) is 7.41 Å². The van der Waals surface area contributed by atoms with Crippen LogP contribution in [0.25, 0.3) is 0 Å². The van der Waals surface area contributed by atoms with E-state index in [2.05, 4.69) is 0 Å². The van der Waals surface area contributed by atoms with E-state index < -0.39 is 0 Å². The number of carbonyl (C=O) groups excluding carboxylic acids is 1. The van der Waals surface area contributed by atoms with Gasteiger partial charge < -0.3 is 14.5 Å². The maximum absolute atomic E-state index is 11.8. The lowest BCUT2D eigenvalue weighted by Crippen LogP contribution is -2.48. The maximum Gasteiger partial charge on any atom is 0.295 e. The summed E-state index contributed by atoms with van der Waals surface area (Å²) in [5, 5.41) is 12.9. The molecule has 0 bridgehead atoms. The number of para-hydroxylation sites is 1. The molecular formula is C19H19BCl2N3O3. The highest BCUT2D eigenvalue weighted by Gasteiger charge is 2.26. The number of rotatable bonds is 7. The number of piperazine rings is 1. The van der Waals surface area contributed by atoms with Crippen LogP contribution in [0.4, 0.5) is 11.4 Å². The van der Waals surface area contributed by atoms with Gasteiger partial charge in [0, 0.05) is 41.8 Å². The summed E-state index contributed by atoms with van der Waals surface area (Å²) >= 11 is 12.1. The molecule has 0 atom stereocenters. The van der Waals surface area contributed by atoms with Crippen molar-refractivity contribution in [2.75, 3.05) is 31.1 Å². The van der Waals surface area contributed by atoms with E-state index in [4.69, 9.17) is 23.2 Å². The first-order valence-corrected chi connectivity index (χ1v) is 9.72. The topological polar surface area (TPSA) is 66.7 Å². The summed E-state index contributed by atoms with van der Waals surface area (Å²) in [4.78, 5) is 26.1. The van der Waals surface area contributed by atoms with Gasteiger partial charge in [-0.1, -0.05) is 35.3 Å². The average Bonchev–Trinajstić information content (AvgIpc) is 2.66. The maximum atomic E-state index is 11.8. The van der Waals surface area contributed by atoms with Gasteiger partial charge in [-0.2, -0.15) is 0 Å². The van der Waals surface area contributed by atoms with Crippen LogP contribution in [0.3, 0.4) is 0 Å². The predicted molar refractivity (Wildman–Crippen MR) is 113 cm³/mol. The molecule has 145 valence electrons. The van der Waals surface area contributed by atoms with Crippen molar-refractivity contribution in [1.29, 1.82) is 0 Å². The second-order valence-corrected chi connectivity index (χ2v) is 7.50. The van der Waals surface area contributed by atoms with Crippen LogP contribution in [0, 0.1) is 10.1 Å². The molecule has 2 aromatic carbocycles. The third kappa shape index (κ3) is 5.04. The fraction of sp³-hybridized carbons (Fsp3) is 0.316. The van der Waals surface area contributed by atoms with E-state index in [-0.39, 0.29) is 10.6 Å². The van der Waals surface area contributed by atoms with Crippen molar-refractivity contribution in [3.63, 3.8) is 0 Å². The highest BCUT2D eigenvalue weighted by molar-refractivity contribution is 6.64. The van der Waals surface area contributed by atoms with E-state index in [1.807, 2.05) is 27.9 Å². The van der Waals surface area contributed by atoms with Crippen molar-refractivity contribution in [2.45, 2.75) is 12.8 Å². The van der Waals surface area contributed by atoms with Crippen LogP contribution in [-0.2, 0) is 17.6 Å². The Kier molecular flexibility index (Phi) is 6.94. The minimum atomic E-state index is -0.306. The van der Waals surface area contributed by atoms with Crippen LogP contribution in [0.5, 0.6) is 0 Å². The minimum absolute atomic E-state index is 0.142. The molecule has 0 saturated carbocycles. The number of benzene rings is 2. The number of nitrogens with zero attached hydrogens (tertiary/aromatic N) is 3. The van der Waals surface area contributed by atoms with E-state index in [1.54, 1.807) is 18.2 Å². The predicted octanol–water partition coefficient (Wildman–Crippen LogP) is 3.62. The fourth-order valence-electron chi connectivity index (χ4n) is 3.48. The van der Waals surface area contributed by atoms with Crippen LogP contribution in [-0.4, -0.2) is 49.5 Å². The normalized spacial score (nSPS) is 14.7. The lowest BCUT2D eigenvalue weighted by Gasteiger charge is -2.35. The molecule has 0 amide bonds. The summed E-state index contributed by atoms with van der Waals surface area (Å²) in [5.41, 5.74) is 2.39. The Morgan fingerprint density at radius 3 is 2.36 bits per heavy atom. The van der Waals surface area contributed by atoms with Gasteiger partial charge in [0.2, 0.25) is 0 Å². The van der Waals surface area contributed by atoms with Crippen LogP contribution < -0.4 is 4.90 Å². The molecule has 1 radical (unpaired) electrons. The zero-order valence-corrected chi connectivity index (χ0v) is 16.7. The average molecular weight is 419 g/mol. The molecule has 28 heavy (non-hydrogen) atoms. The van der Waals surface area contributed by atoms with Crippen LogP contribution in [0.1, 0.15) is 11.1 Å². The second-order valence-electron chi connectivity index (χ2n) is 6.63. The first-order chi connectivity index (χ1) is 13.5. The molecule has 1 saturated heterocycles. The number of nitro benzene ring substituents is 1. The van der Waals surface area contributed by atoms with Crippen molar-refractivity contribution in [3.05, 3.63) is 67.7 Å². The summed E-state index contributed by atoms with van der Waals surface area (Å²) in [6.07, 6.45) is 1.88. The van der Waals surface area contributed by atoms with Crippen LogP contribution >= 0.6 is 23.2 Å². The van der Waals surface area contributed by atoms with Gasteiger partial charge in [0.25, 0.3) is 13.1 Å². The second kappa shape index (κ2) is 9.41. The standard InChI is InChI=1S/C19H19BCl2N3O3/c21-16-10-14(11-17(22)12-16)4-5-15-2-1-3-18(19(15)25(27)28)23-6-8-24(9-7-23)20-13-26/h1-3,10-13H,4-9H2. The van der Waals surface area contributed by atoms with Crippen LogP contribution in [0.15, 0.2) is 36.4 Å². The third-order valence-electron chi connectivity index (χ3n) is 4.81. The van der Waals surface area contributed by atoms with Gasteiger partial charge in [-0.05, 0) is 42.7 Å². The molecule has 3 rings (SSSR count). The first kappa shape index (κ1) is 20.6. The number of halogens is 2. The van der Waals surface area contributed by atoms with E-state index in [0.29, 0.717) is 60.3 Å². The van der Waals surface area contributed by atoms with Gasteiger partial charge in [0.15, 0.2) is 0 Å². The molecule has 1 aliphatic heterocycles. The number of hydrogen-bond acceptors (Lipinski definition) is 5. The zero-order valence-electron chi connectivity index (χ0n) is 15.2. The largest absolute Gasteiger partial charge is 0.363 e.